The van der Waals surface area contributed by atoms with Crippen molar-refractivity contribution in [2.75, 3.05) is 19.3 Å². The minimum Gasteiger partial charge on any atom is -0.339 e. The molecule has 0 saturated carbocycles. The lowest BCUT2D eigenvalue weighted by molar-refractivity contribution is -0.387. The first kappa shape index (κ1) is 20.4. The lowest BCUT2D eigenvalue weighted by Crippen LogP contribution is -2.38. The Morgan fingerprint density at radius 2 is 1.90 bits per heavy atom. The molecule has 0 spiro atoms. The van der Waals surface area contributed by atoms with Crippen molar-refractivity contribution in [2.45, 2.75) is 23.7 Å². The highest BCUT2D eigenvalue weighted by atomic mass is 32.2. The Balaban J connectivity index is 1.50. The van der Waals surface area contributed by atoms with E-state index >= 15 is 0 Å². The summed E-state index contributed by atoms with van der Waals surface area (Å²) in [5.74, 6) is -0.0608. The first-order chi connectivity index (χ1) is 14.2. The lowest BCUT2D eigenvalue weighted by Gasteiger charge is -2.31. The van der Waals surface area contributed by atoms with Gasteiger partial charge >= 0.3 is 0 Å². The number of amides is 1. The third kappa shape index (κ3) is 3.92. The van der Waals surface area contributed by atoms with Crippen molar-refractivity contribution >= 4 is 43.0 Å². The van der Waals surface area contributed by atoms with E-state index in [4.69, 9.17) is 4.98 Å². The maximum atomic E-state index is 12.9. The molecule has 0 radical (unpaired) electrons. The van der Waals surface area contributed by atoms with E-state index in [-0.39, 0.29) is 17.4 Å². The van der Waals surface area contributed by atoms with Gasteiger partial charge in [-0.2, -0.15) is 0 Å². The summed E-state index contributed by atoms with van der Waals surface area (Å²) in [5, 5.41) is 12.4. The van der Waals surface area contributed by atoms with Gasteiger partial charge in [0, 0.05) is 36.9 Å². The number of hydrogen-bond donors (Lipinski definition) is 0. The number of sulfone groups is 1. The SMILES string of the molecule is CS(=O)(=O)c1ccc(C(=O)N2CCC(c3nc4ccccc4s3)CC2)cc1[N+](=O)[O-]. The molecule has 1 aromatic heterocycles. The molecule has 8 nitrogen and oxygen atoms in total. The third-order valence-electron chi connectivity index (χ3n) is 5.24. The van der Waals surface area contributed by atoms with Crippen LogP contribution in [-0.2, 0) is 9.84 Å². The average Bonchev–Trinajstić information content (AvgIpc) is 3.16. The second-order valence-electron chi connectivity index (χ2n) is 7.30. The summed E-state index contributed by atoms with van der Waals surface area (Å²) in [6.07, 6.45) is 2.42. The topological polar surface area (TPSA) is 110 Å². The molecule has 0 aliphatic carbocycles. The van der Waals surface area contributed by atoms with Crippen LogP contribution in [0.5, 0.6) is 0 Å². The molecule has 1 aliphatic rings. The van der Waals surface area contributed by atoms with Gasteiger partial charge in [0.05, 0.1) is 20.1 Å². The number of carbonyl (C=O) groups is 1. The Morgan fingerprint density at radius 1 is 1.20 bits per heavy atom. The van der Waals surface area contributed by atoms with Gasteiger partial charge in [-0.15, -0.1) is 11.3 Å². The molecule has 4 rings (SSSR count). The molecule has 2 aromatic carbocycles. The summed E-state index contributed by atoms with van der Waals surface area (Å²) in [7, 11) is -3.77. The molecule has 1 aliphatic heterocycles. The van der Waals surface area contributed by atoms with Crippen molar-refractivity contribution in [2.24, 2.45) is 0 Å². The van der Waals surface area contributed by atoms with Gasteiger partial charge in [-0.05, 0) is 37.1 Å². The number of aromatic nitrogens is 1. The highest BCUT2D eigenvalue weighted by Crippen LogP contribution is 2.34. The molecule has 0 bridgehead atoms. The van der Waals surface area contributed by atoms with Crippen LogP contribution in [-0.4, -0.2) is 48.5 Å². The number of hydrogen-bond acceptors (Lipinski definition) is 7. The van der Waals surface area contributed by atoms with Gasteiger partial charge in [-0.1, -0.05) is 12.1 Å². The Bertz CT molecular complexity index is 1210. The van der Waals surface area contributed by atoms with E-state index in [0.717, 1.165) is 46.5 Å². The number of fused-ring (bicyclic) bond motifs is 1. The van der Waals surface area contributed by atoms with Gasteiger partial charge in [0.25, 0.3) is 11.6 Å². The molecule has 0 atom stereocenters. The molecule has 156 valence electrons. The van der Waals surface area contributed by atoms with Crippen molar-refractivity contribution < 1.29 is 18.1 Å². The highest BCUT2D eigenvalue weighted by Gasteiger charge is 2.29. The zero-order valence-corrected chi connectivity index (χ0v) is 17.8. The van der Waals surface area contributed by atoms with E-state index in [0.29, 0.717) is 13.1 Å². The van der Waals surface area contributed by atoms with Crippen LogP contribution in [0.25, 0.3) is 10.2 Å². The highest BCUT2D eigenvalue weighted by molar-refractivity contribution is 7.90. The van der Waals surface area contributed by atoms with E-state index in [1.165, 1.54) is 6.07 Å². The maximum absolute atomic E-state index is 12.9. The Hall–Kier alpha value is -2.85. The maximum Gasteiger partial charge on any atom is 0.288 e. The Morgan fingerprint density at radius 3 is 2.53 bits per heavy atom. The molecule has 10 heteroatoms. The van der Waals surface area contributed by atoms with Crippen LogP contribution >= 0.6 is 11.3 Å². The van der Waals surface area contributed by atoms with E-state index in [2.05, 4.69) is 0 Å². The summed E-state index contributed by atoms with van der Waals surface area (Å²) >= 11 is 1.67. The molecule has 1 saturated heterocycles. The fourth-order valence-corrected chi connectivity index (χ4v) is 5.65. The predicted molar refractivity (Wildman–Crippen MR) is 114 cm³/mol. The molecule has 3 aromatic rings. The van der Waals surface area contributed by atoms with Crippen LogP contribution in [0, 0.1) is 10.1 Å². The van der Waals surface area contributed by atoms with Gasteiger partial charge in [0.1, 0.15) is 4.90 Å². The Labute approximate surface area is 177 Å². The number of carbonyl (C=O) groups excluding carboxylic acids is 1. The first-order valence-electron chi connectivity index (χ1n) is 9.37. The number of nitrogens with zero attached hydrogens (tertiary/aromatic N) is 3. The predicted octanol–water partition coefficient (Wildman–Crippen LogP) is 3.63. The number of likely N-dealkylation sites (tertiary alicyclic amines) is 1. The first-order valence-corrected chi connectivity index (χ1v) is 12.1. The van der Waals surface area contributed by atoms with Crippen LogP contribution < -0.4 is 0 Å². The van der Waals surface area contributed by atoms with Crippen LogP contribution in [0.2, 0.25) is 0 Å². The minimum absolute atomic E-state index is 0.118. The van der Waals surface area contributed by atoms with E-state index in [1.54, 1.807) is 16.2 Å². The summed E-state index contributed by atoms with van der Waals surface area (Å²) in [6.45, 7) is 1.03. The van der Waals surface area contributed by atoms with Gasteiger partial charge in [0.15, 0.2) is 9.84 Å². The number of nitro groups is 1. The molecule has 0 unspecified atom stereocenters. The number of thiazole rings is 1. The largest absolute Gasteiger partial charge is 0.339 e. The number of benzene rings is 2. The molecule has 30 heavy (non-hydrogen) atoms. The third-order valence-corrected chi connectivity index (χ3v) is 7.59. The van der Waals surface area contributed by atoms with Crippen molar-refractivity contribution in [1.29, 1.82) is 0 Å². The molecule has 1 fully saturated rings. The number of para-hydroxylation sites is 1. The van der Waals surface area contributed by atoms with Gasteiger partial charge in [-0.3, -0.25) is 14.9 Å². The molecule has 2 heterocycles. The van der Waals surface area contributed by atoms with E-state index in [9.17, 15) is 23.3 Å². The summed E-state index contributed by atoms with van der Waals surface area (Å²) < 4.78 is 24.7. The van der Waals surface area contributed by atoms with Crippen LogP contribution in [0.1, 0.15) is 34.1 Å². The number of piperidine rings is 1. The molecule has 1 amide bonds. The van der Waals surface area contributed by atoms with Crippen LogP contribution in [0.15, 0.2) is 47.4 Å². The fraction of sp³-hybridized carbons (Fsp3) is 0.300. The lowest BCUT2D eigenvalue weighted by atomic mass is 9.97. The van der Waals surface area contributed by atoms with Crippen molar-refractivity contribution in [1.82, 2.24) is 9.88 Å². The van der Waals surface area contributed by atoms with E-state index in [1.807, 2.05) is 24.3 Å². The summed E-state index contributed by atoms with van der Waals surface area (Å²) in [4.78, 5) is 29.4. The summed E-state index contributed by atoms with van der Waals surface area (Å²) in [6, 6.07) is 11.5. The van der Waals surface area contributed by atoms with Crippen molar-refractivity contribution in [3.05, 3.63) is 63.1 Å². The zero-order valence-electron chi connectivity index (χ0n) is 16.1. The Kier molecular flexibility index (Phi) is 5.29. The van der Waals surface area contributed by atoms with Crippen LogP contribution in [0.3, 0.4) is 0 Å². The zero-order chi connectivity index (χ0) is 21.5. The molecule has 0 N–H and O–H groups in total. The summed E-state index contributed by atoms with van der Waals surface area (Å²) in [5.41, 5.74) is 0.523. The van der Waals surface area contributed by atoms with Gasteiger partial charge in [0.2, 0.25) is 0 Å². The smallest absolute Gasteiger partial charge is 0.288 e. The van der Waals surface area contributed by atoms with Crippen LogP contribution in [0.4, 0.5) is 5.69 Å². The number of rotatable bonds is 4. The fourth-order valence-electron chi connectivity index (χ4n) is 3.68. The van der Waals surface area contributed by atoms with E-state index < -0.39 is 25.3 Å². The number of nitro benzene ring substituents is 1. The van der Waals surface area contributed by atoms with Gasteiger partial charge in [-0.25, -0.2) is 13.4 Å². The normalized spacial score (nSPS) is 15.4. The standard InChI is InChI=1S/C20H19N3O5S2/c1-30(27,28)18-7-6-14(12-16(18)23(25)26)20(24)22-10-8-13(9-11-22)19-21-15-4-2-3-5-17(15)29-19/h2-7,12-13H,8-11H2,1H3. The monoisotopic (exact) mass is 445 g/mol. The van der Waals surface area contributed by atoms with Crippen molar-refractivity contribution in [3.63, 3.8) is 0 Å². The van der Waals surface area contributed by atoms with Crippen molar-refractivity contribution in [3.8, 4) is 0 Å². The second kappa shape index (κ2) is 7.77. The second-order valence-corrected chi connectivity index (χ2v) is 10.3. The molecular formula is C20H19N3O5S2. The average molecular weight is 446 g/mol. The minimum atomic E-state index is -3.77. The van der Waals surface area contributed by atoms with Gasteiger partial charge < -0.3 is 4.90 Å². The quantitative estimate of drug-likeness (QED) is 0.448. The molecular weight excluding hydrogens is 426 g/mol.